The fraction of sp³-hybridized carbons (Fsp3) is 0.615. The zero-order valence-corrected chi connectivity index (χ0v) is 12.6. The summed E-state index contributed by atoms with van der Waals surface area (Å²) in [5.41, 5.74) is 0.572. The summed E-state index contributed by atoms with van der Waals surface area (Å²) in [5, 5.41) is 12.6. The Kier molecular flexibility index (Phi) is 4.62. The molecule has 0 aromatic carbocycles. The highest BCUT2D eigenvalue weighted by Gasteiger charge is 2.35. The lowest BCUT2D eigenvalue weighted by Gasteiger charge is -2.19. The van der Waals surface area contributed by atoms with Gasteiger partial charge in [0.15, 0.2) is 0 Å². The van der Waals surface area contributed by atoms with Gasteiger partial charge in [0.2, 0.25) is 10.0 Å². The topological polar surface area (TPSA) is 82.5 Å². The van der Waals surface area contributed by atoms with Gasteiger partial charge in [-0.3, -0.25) is 4.98 Å². The number of sulfonamides is 1. The van der Waals surface area contributed by atoms with Crippen LogP contribution >= 0.6 is 0 Å². The van der Waals surface area contributed by atoms with E-state index in [1.165, 1.54) is 10.5 Å². The second-order valence-corrected chi connectivity index (χ2v) is 6.96. The summed E-state index contributed by atoms with van der Waals surface area (Å²) in [6, 6.07) is 1.67. The van der Waals surface area contributed by atoms with Crippen LogP contribution in [0.4, 0.5) is 5.69 Å². The highest BCUT2D eigenvalue weighted by atomic mass is 32.2. The number of hydrogen-bond acceptors (Lipinski definition) is 5. The number of nitrogens with zero attached hydrogens (tertiary/aromatic N) is 2. The minimum Gasteiger partial charge on any atom is -0.393 e. The van der Waals surface area contributed by atoms with E-state index in [4.69, 9.17) is 0 Å². The predicted octanol–water partition coefficient (Wildman–Crippen LogP) is 0.905. The first-order chi connectivity index (χ1) is 9.46. The predicted molar refractivity (Wildman–Crippen MR) is 76.9 cm³/mol. The minimum atomic E-state index is -3.56. The van der Waals surface area contributed by atoms with Gasteiger partial charge < -0.3 is 10.4 Å². The van der Waals surface area contributed by atoms with Crippen LogP contribution in [0.3, 0.4) is 0 Å². The molecular weight excluding hydrogens is 278 g/mol. The van der Waals surface area contributed by atoms with Crippen molar-refractivity contribution in [1.82, 2.24) is 9.29 Å². The molecule has 0 amide bonds. The molecule has 2 atom stereocenters. The summed E-state index contributed by atoms with van der Waals surface area (Å²) >= 11 is 0. The van der Waals surface area contributed by atoms with Gasteiger partial charge in [-0.15, -0.1) is 0 Å². The lowest BCUT2D eigenvalue weighted by molar-refractivity contribution is 0.133. The zero-order chi connectivity index (χ0) is 14.8. The van der Waals surface area contributed by atoms with Gasteiger partial charge in [0.1, 0.15) is 4.90 Å². The Bertz CT molecular complexity index is 560. The summed E-state index contributed by atoms with van der Waals surface area (Å²) in [6.07, 6.45) is 3.15. The van der Waals surface area contributed by atoms with E-state index in [2.05, 4.69) is 10.3 Å². The number of pyridine rings is 1. The quantitative estimate of drug-likeness (QED) is 0.844. The molecule has 2 heterocycles. The molecule has 112 valence electrons. The maximum atomic E-state index is 12.7. The van der Waals surface area contributed by atoms with Gasteiger partial charge in [-0.05, 0) is 32.3 Å². The molecule has 7 heteroatoms. The van der Waals surface area contributed by atoms with Crippen LogP contribution in [0.2, 0.25) is 0 Å². The lowest BCUT2D eigenvalue weighted by Crippen LogP contribution is -2.31. The van der Waals surface area contributed by atoms with Gasteiger partial charge >= 0.3 is 0 Å². The summed E-state index contributed by atoms with van der Waals surface area (Å²) in [6.45, 7) is 5.06. The maximum Gasteiger partial charge on any atom is 0.246 e. The third-order valence-electron chi connectivity index (χ3n) is 3.64. The van der Waals surface area contributed by atoms with E-state index < -0.39 is 16.1 Å². The summed E-state index contributed by atoms with van der Waals surface area (Å²) < 4.78 is 26.8. The SMILES string of the molecule is CCNc1ccncc1S(=O)(=O)N1CCC(C(C)O)C1. The molecule has 2 rings (SSSR count). The van der Waals surface area contributed by atoms with E-state index in [0.717, 1.165) is 0 Å². The maximum absolute atomic E-state index is 12.7. The minimum absolute atomic E-state index is 0.00373. The van der Waals surface area contributed by atoms with Gasteiger partial charge in [-0.1, -0.05) is 0 Å². The number of aliphatic hydroxyl groups excluding tert-OH is 1. The first-order valence-electron chi connectivity index (χ1n) is 6.83. The number of aromatic nitrogens is 1. The number of nitrogens with one attached hydrogen (secondary N) is 1. The Morgan fingerprint density at radius 1 is 1.60 bits per heavy atom. The first kappa shape index (κ1) is 15.2. The molecular formula is C13H21N3O3S. The third kappa shape index (κ3) is 2.94. The lowest BCUT2D eigenvalue weighted by atomic mass is 10.0. The Hall–Kier alpha value is -1.18. The van der Waals surface area contributed by atoms with Crippen LogP contribution in [0.25, 0.3) is 0 Å². The van der Waals surface area contributed by atoms with Crippen molar-refractivity contribution in [3.63, 3.8) is 0 Å². The Morgan fingerprint density at radius 2 is 2.35 bits per heavy atom. The fourth-order valence-corrected chi connectivity index (χ4v) is 4.05. The van der Waals surface area contributed by atoms with Crippen molar-refractivity contribution in [2.45, 2.75) is 31.3 Å². The summed E-state index contributed by atoms with van der Waals surface area (Å²) in [5.74, 6) is 0.00373. The van der Waals surface area contributed by atoms with Crippen molar-refractivity contribution in [3.05, 3.63) is 18.5 Å². The Labute approximate surface area is 119 Å². The van der Waals surface area contributed by atoms with Crippen LogP contribution in [-0.4, -0.2) is 48.6 Å². The molecule has 1 fully saturated rings. The van der Waals surface area contributed by atoms with Crippen molar-refractivity contribution >= 4 is 15.7 Å². The second kappa shape index (κ2) is 6.07. The summed E-state index contributed by atoms with van der Waals surface area (Å²) in [4.78, 5) is 4.13. The molecule has 2 N–H and O–H groups in total. The smallest absolute Gasteiger partial charge is 0.246 e. The first-order valence-corrected chi connectivity index (χ1v) is 8.27. The van der Waals surface area contributed by atoms with E-state index >= 15 is 0 Å². The molecule has 0 radical (unpaired) electrons. The Balaban J connectivity index is 2.28. The van der Waals surface area contributed by atoms with Crippen LogP contribution in [0.1, 0.15) is 20.3 Å². The third-order valence-corrected chi connectivity index (χ3v) is 5.53. The molecule has 1 saturated heterocycles. The average molecular weight is 299 g/mol. The Morgan fingerprint density at radius 3 is 2.95 bits per heavy atom. The van der Waals surface area contributed by atoms with E-state index in [1.54, 1.807) is 19.2 Å². The van der Waals surface area contributed by atoms with E-state index in [1.807, 2.05) is 6.92 Å². The number of aliphatic hydroxyl groups is 1. The molecule has 20 heavy (non-hydrogen) atoms. The van der Waals surface area contributed by atoms with E-state index in [-0.39, 0.29) is 10.8 Å². The molecule has 1 aliphatic rings. The van der Waals surface area contributed by atoms with Gasteiger partial charge in [-0.25, -0.2) is 8.42 Å². The normalized spacial score (nSPS) is 21.9. The van der Waals surface area contributed by atoms with E-state index in [9.17, 15) is 13.5 Å². The highest BCUT2D eigenvalue weighted by molar-refractivity contribution is 7.89. The van der Waals surface area contributed by atoms with Crippen LogP contribution < -0.4 is 5.32 Å². The molecule has 0 aliphatic carbocycles. The molecule has 6 nitrogen and oxygen atoms in total. The molecule has 1 aromatic heterocycles. The van der Waals surface area contributed by atoms with Crippen molar-refractivity contribution in [3.8, 4) is 0 Å². The standard InChI is InChI=1S/C13H21N3O3S/c1-3-15-12-4-6-14-8-13(12)20(18,19)16-7-5-11(9-16)10(2)17/h4,6,8,10-11,17H,3,5,7,9H2,1-2H3,(H,14,15). The van der Waals surface area contributed by atoms with Gasteiger partial charge in [0.05, 0.1) is 11.8 Å². The molecule has 0 bridgehead atoms. The van der Waals surface area contributed by atoms with E-state index in [0.29, 0.717) is 31.7 Å². The van der Waals surface area contributed by atoms with Crippen LogP contribution in [-0.2, 0) is 10.0 Å². The van der Waals surface area contributed by atoms with Crippen LogP contribution in [0.15, 0.2) is 23.4 Å². The van der Waals surface area contributed by atoms with Crippen LogP contribution in [0, 0.1) is 5.92 Å². The second-order valence-electron chi connectivity index (χ2n) is 5.05. The molecule has 1 aromatic rings. The summed E-state index contributed by atoms with van der Waals surface area (Å²) in [7, 11) is -3.56. The van der Waals surface area contributed by atoms with Gasteiger partial charge in [0.25, 0.3) is 0 Å². The monoisotopic (exact) mass is 299 g/mol. The molecule has 2 unspecified atom stereocenters. The number of anilines is 1. The molecule has 0 spiro atoms. The molecule has 1 aliphatic heterocycles. The number of hydrogen-bond donors (Lipinski definition) is 2. The van der Waals surface area contributed by atoms with Crippen molar-refractivity contribution < 1.29 is 13.5 Å². The zero-order valence-electron chi connectivity index (χ0n) is 11.8. The van der Waals surface area contributed by atoms with Gasteiger partial charge in [-0.2, -0.15) is 4.31 Å². The molecule has 0 saturated carbocycles. The van der Waals surface area contributed by atoms with Gasteiger partial charge in [0, 0.05) is 32.0 Å². The average Bonchev–Trinajstić information content (AvgIpc) is 2.90. The van der Waals surface area contributed by atoms with Crippen molar-refractivity contribution in [2.24, 2.45) is 5.92 Å². The fourth-order valence-electron chi connectivity index (χ4n) is 2.43. The number of rotatable bonds is 5. The van der Waals surface area contributed by atoms with Crippen LogP contribution in [0.5, 0.6) is 0 Å². The largest absolute Gasteiger partial charge is 0.393 e. The van der Waals surface area contributed by atoms with Crippen molar-refractivity contribution in [2.75, 3.05) is 25.0 Å². The van der Waals surface area contributed by atoms with Crippen molar-refractivity contribution in [1.29, 1.82) is 0 Å². The highest BCUT2D eigenvalue weighted by Crippen LogP contribution is 2.29.